The quantitative estimate of drug-likeness (QED) is 0.290. The number of aromatic nitrogens is 3. The Morgan fingerprint density at radius 1 is 0.921 bits per heavy atom. The first kappa shape index (κ1) is 26.7. The maximum Gasteiger partial charge on any atom is 0.162 e. The van der Waals surface area contributed by atoms with Crippen LogP contribution in [0.1, 0.15) is 51.4 Å². The number of benzene rings is 1. The third kappa shape index (κ3) is 6.04. The van der Waals surface area contributed by atoms with E-state index in [4.69, 9.17) is 25.4 Å². The zero-order valence-corrected chi connectivity index (χ0v) is 22.8. The van der Waals surface area contributed by atoms with Gasteiger partial charge in [0.2, 0.25) is 0 Å². The van der Waals surface area contributed by atoms with Crippen molar-refractivity contribution in [1.29, 1.82) is 0 Å². The molecule has 0 radical (unpaired) electrons. The number of hydrogen-bond donors (Lipinski definition) is 4. The molecule has 0 amide bonds. The van der Waals surface area contributed by atoms with Crippen LogP contribution in [-0.4, -0.2) is 63.3 Å². The smallest absolute Gasteiger partial charge is 0.162 e. The molecule has 6 rings (SSSR count). The van der Waals surface area contributed by atoms with E-state index in [0.29, 0.717) is 12.1 Å². The highest BCUT2D eigenvalue weighted by Gasteiger charge is 2.20. The predicted molar refractivity (Wildman–Crippen MR) is 151 cm³/mol. The molecule has 0 saturated heterocycles. The number of ether oxygens (including phenoxy) is 2. The predicted octanol–water partition coefficient (Wildman–Crippen LogP) is 4.59. The van der Waals surface area contributed by atoms with Gasteiger partial charge in [-0.15, -0.1) is 16.4 Å². The lowest BCUT2D eigenvalue weighted by Gasteiger charge is -2.26. The van der Waals surface area contributed by atoms with E-state index in [2.05, 4.69) is 16.4 Å². The van der Waals surface area contributed by atoms with Gasteiger partial charge in [-0.25, -0.2) is 9.50 Å². The summed E-state index contributed by atoms with van der Waals surface area (Å²) in [4.78, 5) is 5.61. The molecule has 0 unspecified atom stereocenters. The molecule has 3 aromatic heterocycles. The van der Waals surface area contributed by atoms with Crippen molar-refractivity contribution in [3.63, 3.8) is 0 Å². The van der Waals surface area contributed by atoms with Crippen LogP contribution in [0.2, 0.25) is 0 Å². The summed E-state index contributed by atoms with van der Waals surface area (Å²) in [6.45, 7) is 0. The van der Waals surface area contributed by atoms with Gasteiger partial charge in [-0.1, -0.05) is 0 Å². The highest BCUT2D eigenvalue weighted by atomic mass is 32.1. The third-order valence-corrected chi connectivity index (χ3v) is 8.55. The number of nitrogens with one attached hydrogen (secondary N) is 1. The Morgan fingerprint density at radius 3 is 2.24 bits per heavy atom. The second-order valence-electron chi connectivity index (χ2n) is 10.2. The third-order valence-electron chi connectivity index (χ3n) is 7.43. The van der Waals surface area contributed by atoms with E-state index in [1.807, 2.05) is 35.0 Å². The van der Waals surface area contributed by atoms with Gasteiger partial charge >= 0.3 is 0 Å². The van der Waals surface area contributed by atoms with Crippen molar-refractivity contribution in [3.05, 3.63) is 36.5 Å². The van der Waals surface area contributed by atoms with Gasteiger partial charge in [0, 0.05) is 22.8 Å². The van der Waals surface area contributed by atoms with Crippen LogP contribution < -0.4 is 20.5 Å². The summed E-state index contributed by atoms with van der Waals surface area (Å²) < 4.78 is 13.9. The van der Waals surface area contributed by atoms with Crippen molar-refractivity contribution >= 4 is 32.9 Å². The van der Waals surface area contributed by atoms with Gasteiger partial charge in [0.25, 0.3) is 0 Å². The molecular weight excluding hydrogens is 502 g/mol. The molecule has 2 saturated carbocycles. The number of anilines is 1. The summed E-state index contributed by atoms with van der Waals surface area (Å²) in [5.41, 5.74) is 7.34. The van der Waals surface area contributed by atoms with E-state index in [9.17, 15) is 5.11 Å². The van der Waals surface area contributed by atoms with E-state index < -0.39 is 0 Å². The minimum absolute atomic E-state index is 0.0604. The molecule has 0 aliphatic heterocycles. The fourth-order valence-corrected chi connectivity index (χ4v) is 6.21. The number of fused-ring (bicyclic) bond motifs is 2. The second kappa shape index (κ2) is 11.9. The van der Waals surface area contributed by atoms with Gasteiger partial charge in [0.15, 0.2) is 17.1 Å². The number of thiophene rings is 1. The van der Waals surface area contributed by atoms with Crippen molar-refractivity contribution in [2.75, 3.05) is 19.5 Å². The van der Waals surface area contributed by atoms with Crippen LogP contribution in [0.25, 0.3) is 26.3 Å². The van der Waals surface area contributed by atoms with Crippen LogP contribution in [0, 0.1) is 0 Å². The summed E-state index contributed by atoms with van der Waals surface area (Å²) in [6.07, 6.45) is 9.04. The first-order chi connectivity index (χ1) is 18.4. The Morgan fingerprint density at radius 2 is 1.58 bits per heavy atom. The number of nitrogens with zero attached hydrogens (tertiary/aromatic N) is 3. The molecule has 2 fully saturated rings. The molecule has 9 nitrogen and oxygen atoms in total. The van der Waals surface area contributed by atoms with Crippen molar-refractivity contribution in [2.45, 2.75) is 75.7 Å². The Kier molecular flexibility index (Phi) is 8.32. The Labute approximate surface area is 226 Å². The molecule has 2 aliphatic rings. The average Bonchev–Trinajstić information content (AvgIpc) is 3.54. The van der Waals surface area contributed by atoms with Crippen molar-refractivity contribution in [2.24, 2.45) is 5.73 Å². The molecule has 204 valence electrons. The number of nitrogens with two attached hydrogens (primary N) is 1. The molecule has 2 aliphatic carbocycles. The lowest BCUT2D eigenvalue weighted by Crippen LogP contribution is -2.28. The number of aliphatic hydroxyl groups is 2. The SMILES string of the molecule is COc1cc2cc(-c3cnc4ccc(NC5CCC(O)CC5)nn34)sc2cc1OC.NC1CCC(O)CC1. The van der Waals surface area contributed by atoms with Crippen LogP contribution in [0.4, 0.5) is 5.82 Å². The van der Waals surface area contributed by atoms with Crippen LogP contribution >= 0.6 is 11.3 Å². The molecule has 10 heteroatoms. The fraction of sp³-hybridized carbons (Fsp3) is 0.500. The molecular formula is C28H37N5O4S. The molecule has 38 heavy (non-hydrogen) atoms. The molecule has 0 spiro atoms. The van der Waals surface area contributed by atoms with Crippen LogP contribution in [0.5, 0.6) is 11.5 Å². The topological polar surface area (TPSA) is 127 Å². The largest absolute Gasteiger partial charge is 0.493 e. The lowest BCUT2D eigenvalue weighted by molar-refractivity contribution is 0.123. The average molecular weight is 540 g/mol. The highest BCUT2D eigenvalue weighted by Crippen LogP contribution is 2.39. The Bertz CT molecular complexity index is 1310. The van der Waals surface area contributed by atoms with Gasteiger partial charge in [-0.05, 0) is 81.0 Å². The van der Waals surface area contributed by atoms with Crippen LogP contribution in [0.15, 0.2) is 36.5 Å². The normalized spacial score (nSPS) is 23.6. The monoisotopic (exact) mass is 539 g/mol. The number of imidazole rings is 1. The summed E-state index contributed by atoms with van der Waals surface area (Å²) in [5.74, 6) is 2.26. The van der Waals surface area contributed by atoms with Gasteiger partial charge in [-0.3, -0.25) is 0 Å². The number of rotatable bonds is 5. The molecule has 0 bridgehead atoms. The fourth-order valence-electron chi connectivity index (χ4n) is 5.14. The summed E-state index contributed by atoms with van der Waals surface area (Å²) in [5, 5.41) is 28.1. The minimum atomic E-state index is -0.163. The molecule has 3 heterocycles. The van der Waals surface area contributed by atoms with Crippen molar-refractivity contribution < 1.29 is 19.7 Å². The van der Waals surface area contributed by atoms with Gasteiger partial charge < -0.3 is 30.7 Å². The maximum atomic E-state index is 9.72. The first-order valence-electron chi connectivity index (χ1n) is 13.3. The van der Waals surface area contributed by atoms with E-state index in [-0.39, 0.29) is 12.2 Å². The van der Waals surface area contributed by atoms with E-state index >= 15 is 0 Å². The zero-order chi connectivity index (χ0) is 26.6. The van der Waals surface area contributed by atoms with Crippen molar-refractivity contribution in [3.8, 4) is 22.1 Å². The van der Waals surface area contributed by atoms with Gasteiger partial charge in [-0.2, -0.15) is 0 Å². The Hall–Kier alpha value is -2.92. The Balaban J connectivity index is 0.000000316. The summed E-state index contributed by atoms with van der Waals surface area (Å²) >= 11 is 1.68. The maximum absolute atomic E-state index is 9.72. The van der Waals surface area contributed by atoms with E-state index in [0.717, 1.165) is 95.0 Å². The van der Waals surface area contributed by atoms with Gasteiger partial charge in [0.1, 0.15) is 11.5 Å². The van der Waals surface area contributed by atoms with Crippen molar-refractivity contribution in [1.82, 2.24) is 14.6 Å². The molecule has 4 aromatic rings. The number of methoxy groups -OCH3 is 2. The summed E-state index contributed by atoms with van der Waals surface area (Å²) in [7, 11) is 3.29. The zero-order valence-electron chi connectivity index (χ0n) is 22.0. The molecule has 1 aromatic carbocycles. The standard InChI is InChI=1S/C22H24N4O3S.C6H13NO/c1-28-17-9-13-10-20(30-19(13)11-18(17)29-2)16-12-23-22-8-7-21(25-26(16)22)24-14-3-5-15(27)6-4-14;7-5-1-3-6(8)4-2-5/h7-12,14-15,27H,3-6H2,1-2H3,(H,24,25);5-6,8H,1-4,7H2. The summed E-state index contributed by atoms with van der Waals surface area (Å²) in [6, 6.07) is 10.8. The highest BCUT2D eigenvalue weighted by molar-refractivity contribution is 7.22. The van der Waals surface area contributed by atoms with Gasteiger partial charge in [0.05, 0.1) is 37.5 Å². The minimum Gasteiger partial charge on any atom is -0.493 e. The number of hydrogen-bond acceptors (Lipinski definition) is 9. The number of aliphatic hydroxyl groups excluding tert-OH is 2. The van der Waals surface area contributed by atoms with E-state index in [1.165, 1.54) is 0 Å². The lowest BCUT2D eigenvalue weighted by atomic mass is 9.93. The first-order valence-corrected chi connectivity index (χ1v) is 14.1. The molecule has 5 N–H and O–H groups in total. The molecule has 0 atom stereocenters. The van der Waals surface area contributed by atoms with Crippen LogP contribution in [-0.2, 0) is 0 Å². The van der Waals surface area contributed by atoms with E-state index in [1.54, 1.807) is 25.6 Å². The van der Waals surface area contributed by atoms with Crippen LogP contribution in [0.3, 0.4) is 0 Å². The second-order valence-corrected chi connectivity index (χ2v) is 11.3.